The number of rotatable bonds is 7. The van der Waals surface area contributed by atoms with Crippen LogP contribution in [-0.2, 0) is 14.4 Å². The molecule has 4 rings (SSSR count). The summed E-state index contributed by atoms with van der Waals surface area (Å²) in [4.78, 5) is 50.5. The molecule has 4 N–H and O–H groups in total. The monoisotopic (exact) mass is 473 g/mol. The Morgan fingerprint density at radius 2 is 2.06 bits per heavy atom. The summed E-state index contributed by atoms with van der Waals surface area (Å²) in [6.07, 6.45) is -0.333. The van der Waals surface area contributed by atoms with Gasteiger partial charge in [0.1, 0.15) is 0 Å². The van der Waals surface area contributed by atoms with Crippen LogP contribution < -0.4 is 15.7 Å². The van der Waals surface area contributed by atoms with E-state index in [0.717, 1.165) is 0 Å². The molecule has 2 saturated heterocycles. The van der Waals surface area contributed by atoms with Gasteiger partial charge in [0, 0.05) is 28.5 Å². The second-order valence-electron chi connectivity index (χ2n) is 8.93. The van der Waals surface area contributed by atoms with E-state index in [9.17, 15) is 29.4 Å². The zero-order chi connectivity index (χ0) is 24.0. The molecule has 33 heavy (non-hydrogen) atoms. The van der Waals surface area contributed by atoms with Gasteiger partial charge in [0.05, 0.1) is 41.5 Å². The number of carboxylic acids is 1. The lowest BCUT2D eigenvalue weighted by molar-refractivity contribution is -0.656. The topological polar surface area (TPSA) is 143 Å². The maximum Gasteiger partial charge on any atom is 0.282 e. The van der Waals surface area contributed by atoms with Gasteiger partial charge in [-0.3, -0.25) is 14.4 Å². The van der Waals surface area contributed by atoms with Crippen LogP contribution in [0.2, 0.25) is 0 Å². The van der Waals surface area contributed by atoms with Crippen LogP contribution >= 0.6 is 11.8 Å². The van der Waals surface area contributed by atoms with Crippen molar-refractivity contribution in [3.8, 4) is 0 Å². The molecule has 1 aromatic rings. The number of nitrogens with one attached hydrogen (secondary N) is 1. The molecule has 3 aliphatic heterocycles. The first-order valence-corrected chi connectivity index (χ1v) is 11.9. The SMILES string of the molecule is CC(=O)c1cccc(NC(=O)C2CC(SC3=C(C(=O)[O-])N4C(=O)C(C(C)O)C4C3C)C[NH2+]2)c1. The van der Waals surface area contributed by atoms with Crippen LogP contribution in [0.1, 0.15) is 37.6 Å². The number of nitrogens with zero attached hydrogens (tertiary/aromatic N) is 1. The van der Waals surface area contributed by atoms with Gasteiger partial charge in [-0.2, -0.15) is 0 Å². The molecule has 6 atom stereocenters. The van der Waals surface area contributed by atoms with E-state index in [4.69, 9.17) is 0 Å². The summed E-state index contributed by atoms with van der Waals surface area (Å²) < 4.78 is 0. The van der Waals surface area contributed by atoms with Gasteiger partial charge in [-0.1, -0.05) is 19.1 Å². The molecule has 0 radical (unpaired) electrons. The standard InChI is InChI=1S/C23H27N3O6S/c1-10-18-17(12(3)28)22(30)26(18)19(23(31)32)20(10)33-15-8-16(24-9-15)21(29)25-14-6-4-5-13(7-14)11(2)27/h4-7,10,12,15-18,24,28H,8-9H2,1-3H3,(H,25,29)(H,31,32). The number of carbonyl (C=O) groups is 4. The van der Waals surface area contributed by atoms with Crippen molar-refractivity contribution in [2.45, 2.75) is 50.6 Å². The summed E-state index contributed by atoms with van der Waals surface area (Å²) in [7, 11) is 0. The molecule has 0 aliphatic carbocycles. The molecule has 6 unspecified atom stereocenters. The Labute approximate surface area is 195 Å². The quantitative estimate of drug-likeness (QED) is 0.343. The predicted octanol–water partition coefficient (Wildman–Crippen LogP) is -0.916. The Balaban J connectivity index is 1.43. The van der Waals surface area contributed by atoms with E-state index in [-0.39, 0.29) is 46.5 Å². The maximum atomic E-state index is 12.8. The van der Waals surface area contributed by atoms with E-state index in [1.165, 1.54) is 30.5 Å². The minimum atomic E-state index is -1.40. The Kier molecular flexibility index (Phi) is 6.35. The van der Waals surface area contributed by atoms with Crippen molar-refractivity contribution in [2.24, 2.45) is 11.8 Å². The van der Waals surface area contributed by atoms with Crippen LogP contribution in [0.5, 0.6) is 0 Å². The van der Waals surface area contributed by atoms with E-state index in [1.54, 1.807) is 24.3 Å². The van der Waals surface area contributed by atoms with Crippen LogP contribution in [0.4, 0.5) is 5.69 Å². The molecule has 3 aliphatic rings. The van der Waals surface area contributed by atoms with Crippen LogP contribution in [-0.4, -0.2) is 63.6 Å². The number of Topliss-reactive ketones (excluding diaryl/α,β-unsaturated/α-hetero) is 1. The Morgan fingerprint density at radius 1 is 1.33 bits per heavy atom. The third kappa shape index (κ3) is 4.18. The van der Waals surface area contributed by atoms with Gasteiger partial charge >= 0.3 is 0 Å². The highest BCUT2D eigenvalue weighted by Crippen LogP contribution is 2.51. The predicted molar refractivity (Wildman–Crippen MR) is 119 cm³/mol. The van der Waals surface area contributed by atoms with Crippen LogP contribution in [0.3, 0.4) is 0 Å². The minimum Gasteiger partial charge on any atom is -0.543 e. The van der Waals surface area contributed by atoms with Gasteiger partial charge in [0.25, 0.3) is 5.91 Å². The number of carboxylic acid groups (broad SMARTS) is 1. The number of aliphatic hydroxyl groups excluding tert-OH is 1. The van der Waals surface area contributed by atoms with Crippen LogP contribution in [0, 0.1) is 11.8 Å². The molecule has 2 amide bonds. The number of nitrogens with two attached hydrogens (primary N) is 1. The van der Waals surface area contributed by atoms with Crippen molar-refractivity contribution in [2.75, 3.05) is 11.9 Å². The average molecular weight is 474 g/mol. The van der Waals surface area contributed by atoms with Crippen LogP contribution in [0.15, 0.2) is 34.9 Å². The summed E-state index contributed by atoms with van der Waals surface area (Å²) in [6, 6.07) is 6.03. The normalized spacial score (nSPS) is 29.5. The molecule has 0 bridgehead atoms. The van der Waals surface area contributed by atoms with Crippen molar-refractivity contribution in [3.05, 3.63) is 40.4 Å². The summed E-state index contributed by atoms with van der Waals surface area (Å²) in [5.74, 6) is -2.90. The number of anilines is 1. The van der Waals surface area contributed by atoms with Crippen LogP contribution in [0.25, 0.3) is 0 Å². The fraction of sp³-hybridized carbons (Fsp3) is 0.478. The number of quaternary nitrogens is 1. The largest absolute Gasteiger partial charge is 0.543 e. The number of ketones is 1. The lowest BCUT2D eigenvalue weighted by Crippen LogP contribution is -2.89. The molecule has 0 aromatic heterocycles. The Bertz CT molecular complexity index is 1050. The molecule has 0 spiro atoms. The third-order valence-corrected chi connectivity index (χ3v) is 8.21. The highest BCUT2D eigenvalue weighted by atomic mass is 32.2. The zero-order valence-corrected chi connectivity index (χ0v) is 19.4. The molecule has 1 aromatic carbocycles. The molecular formula is C23H27N3O6S. The van der Waals surface area contributed by atoms with E-state index in [1.807, 2.05) is 12.2 Å². The molecule has 10 heteroatoms. The highest BCUT2D eigenvalue weighted by Gasteiger charge is 2.59. The van der Waals surface area contributed by atoms with Crippen molar-refractivity contribution in [1.82, 2.24) is 4.90 Å². The first-order chi connectivity index (χ1) is 15.6. The lowest BCUT2D eigenvalue weighted by Gasteiger charge is -2.47. The lowest BCUT2D eigenvalue weighted by atomic mass is 9.79. The van der Waals surface area contributed by atoms with E-state index < -0.39 is 18.0 Å². The summed E-state index contributed by atoms with van der Waals surface area (Å²) in [6.45, 7) is 5.48. The number of thioether (sulfide) groups is 1. The number of fused-ring (bicyclic) bond motifs is 1. The van der Waals surface area contributed by atoms with Gasteiger partial charge in [-0.05, 0) is 26.0 Å². The number of β-lactam (4-membered cyclic amide) rings is 1. The van der Waals surface area contributed by atoms with E-state index in [2.05, 4.69) is 5.32 Å². The smallest absolute Gasteiger partial charge is 0.282 e. The Morgan fingerprint density at radius 3 is 2.70 bits per heavy atom. The molecule has 3 heterocycles. The van der Waals surface area contributed by atoms with Gasteiger partial charge in [0.2, 0.25) is 5.91 Å². The zero-order valence-electron chi connectivity index (χ0n) is 18.6. The van der Waals surface area contributed by atoms with Crippen molar-refractivity contribution in [3.63, 3.8) is 0 Å². The summed E-state index contributed by atoms with van der Waals surface area (Å²) >= 11 is 1.38. The van der Waals surface area contributed by atoms with Gasteiger partial charge in [0.15, 0.2) is 11.8 Å². The number of benzene rings is 1. The fourth-order valence-electron chi connectivity index (χ4n) is 5.00. The third-order valence-electron chi connectivity index (χ3n) is 6.67. The minimum absolute atomic E-state index is 0.0186. The second kappa shape index (κ2) is 8.92. The second-order valence-corrected chi connectivity index (χ2v) is 10.3. The highest BCUT2D eigenvalue weighted by molar-refractivity contribution is 8.03. The molecule has 9 nitrogen and oxygen atoms in total. The van der Waals surface area contributed by atoms with Crippen molar-refractivity contribution in [1.29, 1.82) is 0 Å². The number of hydrogen-bond acceptors (Lipinski definition) is 7. The summed E-state index contributed by atoms with van der Waals surface area (Å²) in [5.41, 5.74) is 0.965. The van der Waals surface area contributed by atoms with E-state index >= 15 is 0 Å². The maximum absolute atomic E-state index is 12.8. The first kappa shape index (κ1) is 23.5. The number of aliphatic carboxylic acids is 1. The van der Waals surface area contributed by atoms with Gasteiger partial charge < -0.3 is 30.5 Å². The number of amides is 2. The van der Waals surface area contributed by atoms with E-state index in [0.29, 0.717) is 29.1 Å². The molecule has 2 fully saturated rings. The van der Waals surface area contributed by atoms with Crippen molar-refractivity contribution >= 4 is 41.0 Å². The number of aliphatic hydroxyl groups is 1. The molecule has 176 valence electrons. The van der Waals surface area contributed by atoms with Gasteiger partial charge in [-0.15, -0.1) is 11.8 Å². The number of hydrogen-bond donors (Lipinski definition) is 3. The molecular weight excluding hydrogens is 446 g/mol. The number of carbonyl (C=O) groups excluding carboxylic acids is 4. The Hall–Kier alpha value is -2.69. The average Bonchev–Trinajstić information content (AvgIpc) is 3.30. The first-order valence-electron chi connectivity index (χ1n) is 11.0. The van der Waals surface area contributed by atoms with Crippen molar-refractivity contribution < 1.29 is 34.7 Å². The van der Waals surface area contributed by atoms with Gasteiger partial charge in [-0.25, -0.2) is 0 Å². The fourth-order valence-corrected chi connectivity index (χ4v) is 6.52. The summed E-state index contributed by atoms with van der Waals surface area (Å²) in [5, 5.41) is 26.6. The molecule has 0 saturated carbocycles.